The van der Waals surface area contributed by atoms with Gasteiger partial charge in [-0.2, -0.15) is 0 Å². The maximum Gasteiger partial charge on any atom is 0.312 e. The summed E-state index contributed by atoms with van der Waals surface area (Å²) < 4.78 is 4.69. The van der Waals surface area contributed by atoms with Gasteiger partial charge in [0.2, 0.25) is 0 Å². The Hall–Kier alpha value is -0.860. The van der Waals surface area contributed by atoms with Crippen LogP contribution in [-0.2, 0) is 14.3 Å². The molecular weight excluding hydrogens is 168 g/mol. The number of rotatable bonds is 5. The predicted molar refractivity (Wildman–Crippen MR) is 50.3 cm³/mol. The number of ether oxygens (including phenoxy) is 1. The van der Waals surface area contributed by atoms with Crippen molar-refractivity contribution in [3.8, 4) is 0 Å². The zero-order valence-electron chi connectivity index (χ0n) is 8.79. The van der Waals surface area contributed by atoms with Crippen LogP contribution in [0, 0.1) is 11.3 Å². The van der Waals surface area contributed by atoms with Crippen molar-refractivity contribution in [2.45, 2.75) is 33.6 Å². The lowest BCUT2D eigenvalue weighted by molar-refractivity contribution is -0.156. The van der Waals surface area contributed by atoms with E-state index in [0.717, 1.165) is 12.7 Å². The quantitative estimate of drug-likeness (QED) is 0.485. The highest BCUT2D eigenvalue weighted by atomic mass is 16.5. The van der Waals surface area contributed by atoms with Crippen molar-refractivity contribution in [1.82, 2.24) is 0 Å². The number of carbonyl (C=O) groups excluding carboxylic acids is 2. The molecule has 0 saturated heterocycles. The van der Waals surface area contributed by atoms with Gasteiger partial charge in [0.25, 0.3) is 0 Å². The Morgan fingerprint density at radius 1 is 1.62 bits per heavy atom. The number of hydrogen-bond donors (Lipinski definition) is 0. The number of hydrogen-bond acceptors (Lipinski definition) is 3. The molecule has 0 aliphatic carbocycles. The van der Waals surface area contributed by atoms with E-state index < -0.39 is 5.41 Å². The summed E-state index contributed by atoms with van der Waals surface area (Å²) >= 11 is 0. The fourth-order valence-corrected chi connectivity index (χ4v) is 1.34. The van der Waals surface area contributed by atoms with E-state index >= 15 is 0 Å². The molecular formula is C10H18O3. The lowest BCUT2D eigenvalue weighted by Crippen LogP contribution is -2.35. The van der Waals surface area contributed by atoms with Crippen LogP contribution in [0.2, 0.25) is 0 Å². The van der Waals surface area contributed by atoms with Crippen molar-refractivity contribution in [2.75, 3.05) is 7.11 Å². The van der Waals surface area contributed by atoms with Gasteiger partial charge in [-0.05, 0) is 12.8 Å². The van der Waals surface area contributed by atoms with E-state index in [1.807, 2.05) is 13.8 Å². The number of aldehydes is 1. The first kappa shape index (κ1) is 12.1. The van der Waals surface area contributed by atoms with Gasteiger partial charge in [0.05, 0.1) is 12.5 Å². The first-order valence-electron chi connectivity index (χ1n) is 4.55. The first-order valence-corrected chi connectivity index (χ1v) is 4.55. The van der Waals surface area contributed by atoms with Crippen LogP contribution in [0.1, 0.15) is 33.6 Å². The normalized spacial score (nSPS) is 17.2. The van der Waals surface area contributed by atoms with Crippen LogP contribution in [0.4, 0.5) is 0 Å². The van der Waals surface area contributed by atoms with Gasteiger partial charge in [0.15, 0.2) is 0 Å². The van der Waals surface area contributed by atoms with Crippen molar-refractivity contribution in [3.63, 3.8) is 0 Å². The van der Waals surface area contributed by atoms with Crippen LogP contribution in [0.3, 0.4) is 0 Å². The van der Waals surface area contributed by atoms with E-state index in [1.165, 1.54) is 7.11 Å². The maximum absolute atomic E-state index is 11.4. The van der Waals surface area contributed by atoms with Crippen LogP contribution in [0.15, 0.2) is 0 Å². The van der Waals surface area contributed by atoms with Crippen molar-refractivity contribution >= 4 is 12.3 Å². The molecule has 0 aromatic rings. The molecule has 3 nitrogen and oxygen atoms in total. The zero-order valence-corrected chi connectivity index (χ0v) is 8.79. The minimum atomic E-state index is -0.661. The third-order valence-electron chi connectivity index (χ3n) is 2.86. The molecule has 0 rings (SSSR count). The summed E-state index contributed by atoms with van der Waals surface area (Å²) in [4.78, 5) is 21.9. The molecule has 0 unspecified atom stereocenters. The summed E-state index contributed by atoms with van der Waals surface area (Å²) in [6, 6.07) is 0. The van der Waals surface area contributed by atoms with E-state index in [2.05, 4.69) is 0 Å². The van der Waals surface area contributed by atoms with Gasteiger partial charge in [-0.1, -0.05) is 20.3 Å². The van der Waals surface area contributed by atoms with E-state index in [0.29, 0.717) is 0 Å². The molecule has 13 heavy (non-hydrogen) atoms. The average molecular weight is 186 g/mol. The molecule has 0 saturated carbocycles. The molecule has 0 N–H and O–H groups in total. The molecule has 0 aliphatic heterocycles. The lowest BCUT2D eigenvalue weighted by Gasteiger charge is -2.30. The largest absolute Gasteiger partial charge is 0.469 e. The topological polar surface area (TPSA) is 43.4 Å². The van der Waals surface area contributed by atoms with Crippen molar-refractivity contribution < 1.29 is 14.3 Å². The van der Waals surface area contributed by atoms with Gasteiger partial charge >= 0.3 is 5.97 Å². The van der Waals surface area contributed by atoms with Crippen LogP contribution < -0.4 is 0 Å². The molecule has 0 aromatic heterocycles. The molecule has 2 atom stereocenters. The lowest BCUT2D eigenvalue weighted by atomic mass is 9.74. The molecule has 3 heteroatoms. The number of carbonyl (C=O) groups is 2. The zero-order chi connectivity index (χ0) is 10.5. The summed E-state index contributed by atoms with van der Waals surface area (Å²) in [5.41, 5.74) is -0.661. The summed E-state index contributed by atoms with van der Waals surface area (Å²) in [6.45, 7) is 5.73. The fourth-order valence-electron chi connectivity index (χ4n) is 1.34. The van der Waals surface area contributed by atoms with Gasteiger partial charge < -0.3 is 9.53 Å². The second-order valence-corrected chi connectivity index (χ2v) is 3.59. The third-order valence-corrected chi connectivity index (χ3v) is 2.86. The highest BCUT2D eigenvalue weighted by Crippen LogP contribution is 2.33. The Labute approximate surface area is 79.5 Å². The molecule has 0 spiro atoms. The molecule has 0 bridgehead atoms. The molecule has 0 amide bonds. The van der Waals surface area contributed by atoms with Crippen LogP contribution in [0.5, 0.6) is 0 Å². The van der Waals surface area contributed by atoms with Crippen molar-refractivity contribution in [3.05, 3.63) is 0 Å². The highest BCUT2D eigenvalue weighted by molar-refractivity contribution is 5.79. The Kier molecular flexibility index (Phi) is 4.67. The minimum absolute atomic E-state index is 0.158. The number of esters is 1. The van der Waals surface area contributed by atoms with Crippen LogP contribution in [-0.4, -0.2) is 19.4 Å². The Balaban J connectivity index is 4.69. The first-order chi connectivity index (χ1) is 6.02. The summed E-state index contributed by atoms with van der Waals surface area (Å²) in [6.07, 6.45) is 1.87. The Bertz CT molecular complexity index is 189. The Morgan fingerprint density at radius 2 is 2.15 bits per heavy atom. The van der Waals surface area contributed by atoms with Crippen LogP contribution >= 0.6 is 0 Å². The van der Waals surface area contributed by atoms with E-state index in [4.69, 9.17) is 4.74 Å². The molecule has 0 aliphatic rings. The SMILES string of the molecule is CC[C@@H](C)[C@@](C)(CC=O)C(=O)OC. The second kappa shape index (κ2) is 5.00. The molecule has 76 valence electrons. The van der Waals surface area contributed by atoms with Gasteiger partial charge in [-0.15, -0.1) is 0 Å². The van der Waals surface area contributed by atoms with Gasteiger partial charge in [-0.25, -0.2) is 0 Å². The highest BCUT2D eigenvalue weighted by Gasteiger charge is 2.38. The molecule has 0 heterocycles. The predicted octanol–water partition coefficient (Wildman–Crippen LogP) is 1.80. The summed E-state index contributed by atoms with van der Waals surface area (Å²) in [5.74, 6) is -0.140. The number of methoxy groups -OCH3 is 1. The summed E-state index contributed by atoms with van der Waals surface area (Å²) in [5, 5.41) is 0. The van der Waals surface area contributed by atoms with Crippen molar-refractivity contribution in [2.24, 2.45) is 11.3 Å². The summed E-state index contributed by atoms with van der Waals surface area (Å²) in [7, 11) is 1.35. The standard InChI is InChI=1S/C10H18O3/c1-5-8(2)10(3,6-7-11)9(12)13-4/h7-8H,5-6H2,1-4H3/t8-,10-/m1/s1. The van der Waals surface area contributed by atoms with E-state index in [9.17, 15) is 9.59 Å². The average Bonchev–Trinajstić information content (AvgIpc) is 2.15. The second-order valence-electron chi connectivity index (χ2n) is 3.59. The van der Waals surface area contributed by atoms with Crippen LogP contribution in [0.25, 0.3) is 0 Å². The molecule has 0 radical (unpaired) electrons. The smallest absolute Gasteiger partial charge is 0.312 e. The third kappa shape index (κ3) is 2.54. The monoisotopic (exact) mass is 186 g/mol. The Morgan fingerprint density at radius 3 is 2.46 bits per heavy atom. The maximum atomic E-state index is 11.4. The van der Waals surface area contributed by atoms with E-state index in [1.54, 1.807) is 6.92 Å². The fraction of sp³-hybridized carbons (Fsp3) is 0.800. The minimum Gasteiger partial charge on any atom is -0.469 e. The molecule has 0 fully saturated rings. The molecule has 0 aromatic carbocycles. The van der Waals surface area contributed by atoms with Gasteiger partial charge in [0, 0.05) is 6.42 Å². The van der Waals surface area contributed by atoms with Crippen molar-refractivity contribution in [1.29, 1.82) is 0 Å². The van der Waals surface area contributed by atoms with Gasteiger partial charge in [-0.3, -0.25) is 4.79 Å². The van der Waals surface area contributed by atoms with Gasteiger partial charge in [0.1, 0.15) is 6.29 Å². The van der Waals surface area contributed by atoms with E-state index in [-0.39, 0.29) is 18.3 Å².